The van der Waals surface area contributed by atoms with Gasteiger partial charge in [-0.3, -0.25) is 4.79 Å². The average Bonchev–Trinajstić information content (AvgIpc) is 2.76. The Bertz CT molecular complexity index is 811. The maximum Gasteiger partial charge on any atom is 0.276 e. The van der Waals surface area contributed by atoms with Crippen LogP contribution in [-0.2, 0) is 0 Å². The molecule has 2 heterocycles. The molecule has 1 saturated heterocycles. The van der Waals surface area contributed by atoms with E-state index in [0.717, 1.165) is 68.6 Å². The molecule has 0 spiro atoms. The van der Waals surface area contributed by atoms with Gasteiger partial charge in [-0.25, -0.2) is 0 Å². The Morgan fingerprint density at radius 3 is 2.31 bits per heavy atom. The fraction of sp³-hybridized carbons (Fsp3) is 0.500. The van der Waals surface area contributed by atoms with Crippen LogP contribution in [0.25, 0.3) is 0 Å². The van der Waals surface area contributed by atoms with Gasteiger partial charge in [0, 0.05) is 50.6 Å². The van der Waals surface area contributed by atoms with Gasteiger partial charge in [-0.2, -0.15) is 0 Å². The molecule has 1 aliphatic heterocycles. The van der Waals surface area contributed by atoms with Crippen molar-refractivity contribution in [3.63, 3.8) is 0 Å². The first-order valence-corrected chi connectivity index (χ1v) is 10.5. The van der Waals surface area contributed by atoms with Crippen LogP contribution in [-0.4, -0.2) is 66.8 Å². The van der Waals surface area contributed by atoms with E-state index in [9.17, 15) is 4.79 Å². The summed E-state index contributed by atoms with van der Waals surface area (Å²) >= 11 is 0. The number of aromatic nitrogens is 2. The van der Waals surface area contributed by atoms with Gasteiger partial charge in [0.15, 0.2) is 11.5 Å². The summed E-state index contributed by atoms with van der Waals surface area (Å²) < 4.78 is 0. The summed E-state index contributed by atoms with van der Waals surface area (Å²) in [6.07, 6.45) is 0. The molecule has 1 fully saturated rings. The molecule has 29 heavy (non-hydrogen) atoms. The van der Waals surface area contributed by atoms with E-state index in [4.69, 9.17) is 0 Å². The van der Waals surface area contributed by atoms with Crippen molar-refractivity contribution < 1.29 is 4.79 Å². The molecule has 1 aliphatic rings. The first kappa shape index (κ1) is 21.0. The van der Waals surface area contributed by atoms with E-state index in [2.05, 4.69) is 57.1 Å². The normalized spacial score (nSPS) is 14.7. The molecular weight excluding hydrogens is 364 g/mol. The molecule has 0 unspecified atom stereocenters. The monoisotopic (exact) mass is 396 g/mol. The van der Waals surface area contributed by atoms with Gasteiger partial charge in [0.25, 0.3) is 5.91 Å². The van der Waals surface area contributed by atoms with E-state index < -0.39 is 0 Å². The highest BCUT2D eigenvalue weighted by molar-refractivity contribution is 6.03. The predicted molar refractivity (Wildman–Crippen MR) is 119 cm³/mol. The van der Waals surface area contributed by atoms with Crippen LogP contribution in [0.5, 0.6) is 0 Å². The minimum absolute atomic E-state index is 0.237. The number of carbonyl (C=O) groups excluding carboxylic acids is 1. The Kier molecular flexibility index (Phi) is 7.04. The summed E-state index contributed by atoms with van der Waals surface area (Å²) in [6, 6.07) is 9.74. The van der Waals surface area contributed by atoms with Crippen LogP contribution < -0.4 is 15.1 Å². The number of rotatable bonds is 7. The molecule has 7 nitrogen and oxygen atoms in total. The Morgan fingerprint density at radius 2 is 1.76 bits per heavy atom. The molecule has 0 radical (unpaired) electrons. The zero-order valence-electron chi connectivity index (χ0n) is 18.0. The number of piperazine rings is 1. The Balaban J connectivity index is 1.64. The molecule has 0 bridgehead atoms. The number of anilines is 3. The lowest BCUT2D eigenvalue weighted by molar-refractivity contribution is 0.102. The predicted octanol–water partition coefficient (Wildman–Crippen LogP) is 3.03. The van der Waals surface area contributed by atoms with Crippen LogP contribution in [0.4, 0.5) is 17.2 Å². The lowest BCUT2D eigenvalue weighted by Crippen LogP contribution is -2.46. The Morgan fingerprint density at radius 1 is 1.03 bits per heavy atom. The van der Waals surface area contributed by atoms with Gasteiger partial charge in [-0.1, -0.05) is 6.92 Å². The highest BCUT2D eigenvalue weighted by atomic mass is 16.1. The highest BCUT2D eigenvalue weighted by Gasteiger charge is 2.18. The Labute approximate surface area is 173 Å². The van der Waals surface area contributed by atoms with Gasteiger partial charge in [-0.15, -0.1) is 10.2 Å². The van der Waals surface area contributed by atoms with Crippen LogP contribution in [0.15, 0.2) is 30.3 Å². The highest BCUT2D eigenvalue weighted by Crippen LogP contribution is 2.23. The second kappa shape index (κ2) is 9.69. The van der Waals surface area contributed by atoms with Crippen molar-refractivity contribution in [1.29, 1.82) is 0 Å². The van der Waals surface area contributed by atoms with Gasteiger partial charge in [-0.05, 0) is 63.2 Å². The summed E-state index contributed by atoms with van der Waals surface area (Å²) in [5.74, 6) is 0.593. The maximum atomic E-state index is 12.6. The van der Waals surface area contributed by atoms with E-state index >= 15 is 0 Å². The van der Waals surface area contributed by atoms with Crippen LogP contribution in [0.3, 0.4) is 0 Å². The van der Waals surface area contributed by atoms with Crippen LogP contribution in [0.1, 0.15) is 36.8 Å². The lowest BCUT2D eigenvalue weighted by atomic mass is 10.1. The van der Waals surface area contributed by atoms with Crippen molar-refractivity contribution >= 4 is 23.1 Å². The fourth-order valence-electron chi connectivity index (χ4n) is 3.67. The van der Waals surface area contributed by atoms with Crippen LogP contribution in [0.2, 0.25) is 0 Å². The average molecular weight is 397 g/mol. The maximum absolute atomic E-state index is 12.6. The third-order valence-electron chi connectivity index (χ3n) is 5.61. The molecule has 1 aromatic heterocycles. The number of likely N-dealkylation sites (N-methyl/N-ethyl adjacent to an activating group) is 1. The summed E-state index contributed by atoms with van der Waals surface area (Å²) in [4.78, 5) is 19.5. The molecule has 0 aliphatic carbocycles. The number of carbonyl (C=O) groups is 1. The number of hydrogen-bond donors (Lipinski definition) is 1. The molecule has 7 heteroatoms. The summed E-state index contributed by atoms with van der Waals surface area (Å²) in [7, 11) is 0. The van der Waals surface area contributed by atoms with Crippen molar-refractivity contribution in [2.45, 2.75) is 27.7 Å². The molecular formula is C22H32N6O. The minimum Gasteiger partial charge on any atom is -0.372 e. The zero-order valence-corrected chi connectivity index (χ0v) is 18.0. The van der Waals surface area contributed by atoms with Gasteiger partial charge >= 0.3 is 0 Å². The first-order valence-electron chi connectivity index (χ1n) is 10.5. The molecule has 1 amide bonds. The summed E-state index contributed by atoms with van der Waals surface area (Å²) in [5.41, 5.74) is 3.32. The molecule has 0 atom stereocenters. The number of aryl methyl sites for hydroxylation is 1. The SMILES string of the molecule is CCN1CCN(c2ccc(C(=O)Nc3ccc(N(CC)CC)cc3C)nn2)CC1. The minimum atomic E-state index is -0.237. The second-order valence-electron chi connectivity index (χ2n) is 7.32. The van der Waals surface area contributed by atoms with Gasteiger partial charge in [0.1, 0.15) is 0 Å². The fourth-order valence-corrected chi connectivity index (χ4v) is 3.67. The number of amides is 1. The van der Waals surface area contributed by atoms with E-state index in [1.807, 2.05) is 25.1 Å². The van der Waals surface area contributed by atoms with E-state index in [1.165, 1.54) is 0 Å². The molecule has 0 saturated carbocycles. The van der Waals surface area contributed by atoms with Crippen molar-refractivity contribution in [2.75, 3.05) is 60.9 Å². The van der Waals surface area contributed by atoms with Gasteiger partial charge in [0.05, 0.1) is 0 Å². The van der Waals surface area contributed by atoms with Crippen LogP contribution >= 0.6 is 0 Å². The number of hydrogen-bond acceptors (Lipinski definition) is 6. The molecule has 1 aromatic carbocycles. The van der Waals surface area contributed by atoms with Crippen molar-refractivity contribution in [1.82, 2.24) is 15.1 Å². The summed E-state index contributed by atoms with van der Waals surface area (Å²) in [5, 5.41) is 11.4. The van der Waals surface area contributed by atoms with Gasteiger partial charge < -0.3 is 20.0 Å². The first-order chi connectivity index (χ1) is 14.0. The topological polar surface area (TPSA) is 64.6 Å². The smallest absolute Gasteiger partial charge is 0.276 e. The number of nitrogens with zero attached hydrogens (tertiary/aromatic N) is 5. The molecule has 2 aromatic rings. The summed E-state index contributed by atoms with van der Waals surface area (Å²) in [6.45, 7) is 15.4. The van der Waals surface area contributed by atoms with E-state index in [1.54, 1.807) is 6.07 Å². The standard InChI is InChI=1S/C22H32N6O/c1-5-26-12-14-28(15-13-26)21-11-10-20(24-25-21)22(29)23-19-9-8-18(16-17(19)4)27(6-2)7-3/h8-11,16H,5-7,12-15H2,1-4H3,(H,23,29). The van der Waals surface area contributed by atoms with E-state index in [0.29, 0.717) is 5.69 Å². The lowest BCUT2D eigenvalue weighted by Gasteiger charge is -2.34. The molecule has 156 valence electrons. The third-order valence-corrected chi connectivity index (χ3v) is 5.61. The third kappa shape index (κ3) is 5.03. The molecule has 1 N–H and O–H groups in total. The second-order valence-corrected chi connectivity index (χ2v) is 7.32. The van der Waals surface area contributed by atoms with Crippen LogP contribution in [0, 0.1) is 6.92 Å². The number of nitrogens with one attached hydrogen (secondary N) is 1. The Hall–Kier alpha value is -2.67. The van der Waals surface area contributed by atoms with Crippen molar-refractivity contribution in [3.8, 4) is 0 Å². The quantitative estimate of drug-likeness (QED) is 0.776. The van der Waals surface area contributed by atoms with Crippen molar-refractivity contribution in [3.05, 3.63) is 41.6 Å². The molecule has 3 rings (SSSR count). The largest absolute Gasteiger partial charge is 0.372 e. The van der Waals surface area contributed by atoms with Crippen molar-refractivity contribution in [2.24, 2.45) is 0 Å². The zero-order chi connectivity index (χ0) is 20.8. The number of benzene rings is 1. The van der Waals surface area contributed by atoms with Gasteiger partial charge in [0.2, 0.25) is 0 Å². The van der Waals surface area contributed by atoms with E-state index in [-0.39, 0.29) is 5.91 Å².